The summed E-state index contributed by atoms with van der Waals surface area (Å²) in [6.07, 6.45) is 9.05. The van der Waals surface area contributed by atoms with Crippen LogP contribution in [-0.2, 0) is 30.9 Å². The number of aliphatic imine (C=N–C) groups is 1. The summed E-state index contributed by atoms with van der Waals surface area (Å²) < 4.78 is 7.13. The second-order valence-corrected chi connectivity index (χ2v) is 8.29. The third-order valence-electron chi connectivity index (χ3n) is 5.94. The molecule has 2 aromatic rings. The summed E-state index contributed by atoms with van der Waals surface area (Å²) in [5.74, 6) is 3.66. The van der Waals surface area contributed by atoms with Gasteiger partial charge in [-0.15, -0.1) is 0 Å². The minimum Gasteiger partial charge on any atom is -0.377 e. The first kappa shape index (κ1) is 21.5. The van der Waals surface area contributed by atoms with Crippen molar-refractivity contribution in [2.45, 2.75) is 64.3 Å². The number of guanidine groups is 1. The number of fused-ring (bicyclic) bond motifs is 1. The zero-order valence-electron chi connectivity index (χ0n) is 18.7. The quantitative estimate of drug-likeness (QED) is 0.538. The summed E-state index contributed by atoms with van der Waals surface area (Å²) >= 11 is 0. The molecule has 0 bridgehead atoms. The molecule has 4 heterocycles. The molecule has 1 unspecified atom stereocenters. The number of nitrogens with one attached hydrogen (secondary N) is 2. The van der Waals surface area contributed by atoms with E-state index in [0.717, 1.165) is 61.5 Å². The van der Waals surface area contributed by atoms with E-state index in [9.17, 15) is 0 Å². The maximum atomic E-state index is 5.14. The van der Waals surface area contributed by atoms with Crippen LogP contribution in [0.25, 0.3) is 0 Å². The highest BCUT2D eigenvalue weighted by atomic mass is 16.5. The topological polar surface area (TPSA) is 92.5 Å². The monoisotopic (exact) mass is 426 g/mol. The van der Waals surface area contributed by atoms with Crippen LogP contribution in [0.2, 0.25) is 0 Å². The van der Waals surface area contributed by atoms with Crippen LogP contribution in [0.3, 0.4) is 0 Å². The predicted octanol–water partition coefficient (Wildman–Crippen LogP) is 1.88. The van der Waals surface area contributed by atoms with Crippen LogP contribution in [-0.4, -0.2) is 59.0 Å². The first-order valence-electron chi connectivity index (χ1n) is 11.3. The first-order valence-corrected chi connectivity index (χ1v) is 11.3. The van der Waals surface area contributed by atoms with Gasteiger partial charge in [0.05, 0.1) is 6.54 Å². The van der Waals surface area contributed by atoms with Crippen molar-refractivity contribution in [2.75, 3.05) is 32.1 Å². The van der Waals surface area contributed by atoms with Gasteiger partial charge in [0.25, 0.3) is 0 Å². The van der Waals surface area contributed by atoms with Crippen LogP contribution in [0.1, 0.15) is 49.3 Å². The summed E-state index contributed by atoms with van der Waals surface area (Å²) in [7, 11) is 3.47. The van der Waals surface area contributed by atoms with E-state index in [1.54, 1.807) is 14.2 Å². The lowest BCUT2D eigenvalue weighted by atomic mass is 10.1. The van der Waals surface area contributed by atoms with Gasteiger partial charge < -0.3 is 20.3 Å². The molecule has 0 amide bonds. The molecule has 2 aliphatic rings. The van der Waals surface area contributed by atoms with Gasteiger partial charge in [0.15, 0.2) is 11.8 Å². The maximum Gasteiger partial charge on any atom is 0.191 e. The molecule has 2 aromatic heterocycles. The van der Waals surface area contributed by atoms with Crippen molar-refractivity contribution in [3.63, 3.8) is 0 Å². The zero-order valence-corrected chi connectivity index (χ0v) is 18.7. The highest BCUT2D eigenvalue weighted by molar-refractivity contribution is 5.79. The van der Waals surface area contributed by atoms with Gasteiger partial charge in [0.2, 0.25) is 0 Å². The van der Waals surface area contributed by atoms with Gasteiger partial charge in [0.1, 0.15) is 18.2 Å². The molecule has 31 heavy (non-hydrogen) atoms. The molecule has 168 valence electrons. The SMILES string of the molecule is CN=C(NCc1ccc(N2CCCCCC2)nc1)NC1CCc2nc(COC)nn2C1. The minimum absolute atomic E-state index is 0.263. The van der Waals surface area contributed by atoms with Gasteiger partial charge in [-0.2, -0.15) is 5.10 Å². The molecule has 0 aromatic carbocycles. The largest absolute Gasteiger partial charge is 0.377 e. The molecule has 0 spiro atoms. The van der Waals surface area contributed by atoms with Crippen LogP contribution in [0, 0.1) is 0 Å². The highest BCUT2D eigenvalue weighted by Crippen LogP contribution is 2.17. The molecule has 1 fully saturated rings. The number of rotatable bonds is 6. The predicted molar refractivity (Wildman–Crippen MR) is 121 cm³/mol. The van der Waals surface area contributed by atoms with E-state index >= 15 is 0 Å². The summed E-state index contributed by atoms with van der Waals surface area (Å²) in [5, 5.41) is 11.5. The van der Waals surface area contributed by atoms with Gasteiger partial charge in [-0.1, -0.05) is 18.9 Å². The van der Waals surface area contributed by atoms with Crippen LogP contribution >= 0.6 is 0 Å². The lowest BCUT2D eigenvalue weighted by molar-refractivity contribution is 0.177. The number of ether oxygens (including phenoxy) is 1. The normalized spacial score (nSPS) is 19.6. The van der Waals surface area contributed by atoms with E-state index in [1.165, 1.54) is 25.7 Å². The van der Waals surface area contributed by atoms with E-state index in [0.29, 0.717) is 13.2 Å². The fraction of sp³-hybridized carbons (Fsp3) is 0.636. The Hall–Kier alpha value is -2.68. The molecule has 0 aliphatic carbocycles. The molecular weight excluding hydrogens is 392 g/mol. The van der Waals surface area contributed by atoms with Gasteiger partial charge in [0, 0.05) is 52.5 Å². The summed E-state index contributed by atoms with van der Waals surface area (Å²) in [6.45, 7) is 4.14. The standard InChI is InChI=1S/C22H34N8O/c1-23-22(26-18-8-10-21-27-19(16-31-2)28-30(21)15-18)25-14-17-7-9-20(24-13-17)29-11-5-3-4-6-12-29/h7,9,13,18H,3-6,8,10-12,14-16H2,1-2H3,(H2,23,25,26). The number of pyridine rings is 1. The van der Waals surface area contributed by atoms with E-state index in [1.807, 2.05) is 10.9 Å². The lowest BCUT2D eigenvalue weighted by Gasteiger charge is -2.25. The summed E-state index contributed by atoms with van der Waals surface area (Å²) in [5.41, 5.74) is 1.15. The molecule has 2 N–H and O–H groups in total. The molecule has 2 aliphatic heterocycles. The lowest BCUT2D eigenvalue weighted by Crippen LogP contribution is -2.46. The van der Waals surface area contributed by atoms with Crippen molar-refractivity contribution in [1.29, 1.82) is 0 Å². The number of methoxy groups -OCH3 is 1. The van der Waals surface area contributed by atoms with E-state index in [-0.39, 0.29) is 6.04 Å². The third-order valence-corrected chi connectivity index (χ3v) is 5.94. The zero-order chi connectivity index (χ0) is 21.5. The van der Waals surface area contributed by atoms with Crippen LogP contribution in [0.5, 0.6) is 0 Å². The Morgan fingerprint density at radius 1 is 1.23 bits per heavy atom. The second kappa shape index (κ2) is 10.6. The van der Waals surface area contributed by atoms with E-state index < -0.39 is 0 Å². The number of hydrogen-bond acceptors (Lipinski definition) is 6. The summed E-state index contributed by atoms with van der Waals surface area (Å²) in [6, 6.07) is 4.57. The van der Waals surface area contributed by atoms with Crippen molar-refractivity contribution in [2.24, 2.45) is 4.99 Å². The number of aromatic nitrogens is 4. The Kier molecular flexibility index (Phi) is 7.35. The van der Waals surface area contributed by atoms with Gasteiger partial charge in [-0.3, -0.25) is 4.99 Å². The van der Waals surface area contributed by atoms with Crippen molar-refractivity contribution >= 4 is 11.8 Å². The Balaban J connectivity index is 1.27. The maximum absolute atomic E-state index is 5.14. The fourth-order valence-electron chi connectivity index (χ4n) is 4.25. The van der Waals surface area contributed by atoms with Gasteiger partial charge in [-0.05, 0) is 30.9 Å². The molecule has 9 heteroatoms. The molecule has 1 atom stereocenters. The highest BCUT2D eigenvalue weighted by Gasteiger charge is 2.22. The van der Waals surface area contributed by atoms with E-state index in [4.69, 9.17) is 9.72 Å². The van der Waals surface area contributed by atoms with Crippen molar-refractivity contribution in [3.8, 4) is 0 Å². The number of anilines is 1. The third kappa shape index (κ3) is 5.72. The number of aryl methyl sites for hydroxylation is 1. The van der Waals surface area contributed by atoms with Gasteiger partial charge >= 0.3 is 0 Å². The molecule has 4 rings (SSSR count). The minimum atomic E-state index is 0.263. The average molecular weight is 427 g/mol. The number of nitrogens with zero attached hydrogens (tertiary/aromatic N) is 6. The van der Waals surface area contributed by atoms with Gasteiger partial charge in [-0.25, -0.2) is 14.6 Å². The Morgan fingerprint density at radius 3 is 2.77 bits per heavy atom. The summed E-state index contributed by atoms with van der Waals surface area (Å²) in [4.78, 5) is 16.0. The van der Waals surface area contributed by atoms with Crippen molar-refractivity contribution in [1.82, 2.24) is 30.4 Å². The van der Waals surface area contributed by atoms with Crippen molar-refractivity contribution < 1.29 is 4.74 Å². The van der Waals surface area contributed by atoms with Crippen molar-refractivity contribution in [3.05, 3.63) is 35.5 Å². The Bertz CT molecular complexity index is 855. The molecule has 0 radical (unpaired) electrons. The fourth-order valence-corrected chi connectivity index (χ4v) is 4.25. The number of hydrogen-bond donors (Lipinski definition) is 2. The van der Waals surface area contributed by atoms with Crippen LogP contribution < -0.4 is 15.5 Å². The Labute approximate surface area is 184 Å². The smallest absolute Gasteiger partial charge is 0.191 e. The molecule has 9 nitrogen and oxygen atoms in total. The molecular formula is C22H34N8O. The first-order chi connectivity index (χ1) is 15.2. The molecule has 0 saturated carbocycles. The Morgan fingerprint density at radius 2 is 2.06 bits per heavy atom. The van der Waals surface area contributed by atoms with E-state index in [2.05, 4.69) is 42.7 Å². The average Bonchev–Trinajstić information content (AvgIpc) is 3.00. The second-order valence-electron chi connectivity index (χ2n) is 8.29. The molecule has 1 saturated heterocycles. The van der Waals surface area contributed by atoms with Crippen LogP contribution in [0.15, 0.2) is 23.3 Å². The van der Waals surface area contributed by atoms with Crippen LogP contribution in [0.4, 0.5) is 5.82 Å².